The van der Waals surface area contributed by atoms with Gasteiger partial charge in [-0.3, -0.25) is 0 Å². The van der Waals surface area contributed by atoms with Crippen LogP contribution in [0.5, 0.6) is 0 Å². The van der Waals surface area contributed by atoms with Gasteiger partial charge in [0.15, 0.2) is 0 Å². The van der Waals surface area contributed by atoms with Crippen LogP contribution in [0.1, 0.15) is 59.3 Å². The van der Waals surface area contributed by atoms with Gasteiger partial charge in [0, 0.05) is 0 Å². The molecule has 0 heterocycles. The molecule has 0 aromatic rings. The first-order valence-electron chi connectivity index (χ1n) is 5.77. The SMILES string of the molecule is CC(C)(C)CC(Cl)OC1CCCCC1. The summed E-state index contributed by atoms with van der Waals surface area (Å²) < 4.78 is 5.83. The Morgan fingerprint density at radius 1 is 1.21 bits per heavy atom. The van der Waals surface area contributed by atoms with E-state index in [1.165, 1.54) is 32.1 Å². The molecule has 1 unspecified atom stereocenters. The van der Waals surface area contributed by atoms with E-state index < -0.39 is 0 Å². The van der Waals surface area contributed by atoms with Gasteiger partial charge >= 0.3 is 0 Å². The van der Waals surface area contributed by atoms with Crippen LogP contribution in [0.2, 0.25) is 0 Å². The molecule has 1 nitrogen and oxygen atoms in total. The minimum absolute atomic E-state index is 0.0990. The summed E-state index contributed by atoms with van der Waals surface area (Å²) in [5.41, 5.74) is 0.166. The molecule has 1 atom stereocenters. The smallest absolute Gasteiger partial charge is 0.132 e. The van der Waals surface area contributed by atoms with Crippen molar-refractivity contribution in [1.29, 1.82) is 0 Å². The van der Waals surface area contributed by atoms with E-state index in [9.17, 15) is 0 Å². The number of alkyl halides is 1. The molecule has 0 amide bonds. The van der Waals surface area contributed by atoms with Crippen molar-refractivity contribution < 1.29 is 4.74 Å². The molecule has 1 saturated carbocycles. The molecule has 14 heavy (non-hydrogen) atoms. The fraction of sp³-hybridized carbons (Fsp3) is 1.00. The lowest BCUT2D eigenvalue weighted by molar-refractivity contribution is -0.00634. The molecule has 0 N–H and O–H groups in total. The summed E-state index contributed by atoms with van der Waals surface area (Å²) in [7, 11) is 0. The van der Waals surface area contributed by atoms with E-state index in [4.69, 9.17) is 16.3 Å². The fourth-order valence-electron chi connectivity index (χ4n) is 1.94. The number of hydrogen-bond donors (Lipinski definition) is 0. The molecular formula is C12H23ClO. The quantitative estimate of drug-likeness (QED) is 0.641. The van der Waals surface area contributed by atoms with Crippen molar-refractivity contribution in [3.63, 3.8) is 0 Å². The van der Waals surface area contributed by atoms with E-state index in [0.717, 1.165) is 6.42 Å². The second-order valence-corrected chi connectivity index (χ2v) is 6.06. The first-order chi connectivity index (χ1) is 6.47. The molecule has 1 rings (SSSR count). The molecule has 0 saturated heterocycles. The van der Waals surface area contributed by atoms with Crippen LogP contribution < -0.4 is 0 Å². The molecule has 0 aromatic carbocycles. The molecular weight excluding hydrogens is 196 g/mol. The number of rotatable bonds is 3. The van der Waals surface area contributed by atoms with Crippen LogP contribution in [0.25, 0.3) is 0 Å². The highest BCUT2D eigenvalue weighted by molar-refractivity contribution is 6.19. The zero-order valence-electron chi connectivity index (χ0n) is 9.68. The van der Waals surface area contributed by atoms with Crippen LogP contribution in [0.3, 0.4) is 0 Å². The molecule has 1 fully saturated rings. The summed E-state index contributed by atoms with van der Waals surface area (Å²) in [4.78, 5) is 0. The van der Waals surface area contributed by atoms with Crippen molar-refractivity contribution in [3.05, 3.63) is 0 Å². The third-order valence-electron chi connectivity index (χ3n) is 2.67. The van der Waals surface area contributed by atoms with Crippen molar-refractivity contribution >= 4 is 11.6 Å². The van der Waals surface area contributed by atoms with E-state index in [1.54, 1.807) is 0 Å². The summed E-state index contributed by atoms with van der Waals surface area (Å²) in [5.74, 6) is 0. The molecule has 0 spiro atoms. The fourth-order valence-corrected chi connectivity index (χ4v) is 2.55. The van der Waals surface area contributed by atoms with Crippen LogP contribution in [0, 0.1) is 5.41 Å². The van der Waals surface area contributed by atoms with Gasteiger partial charge in [0.25, 0.3) is 0 Å². The molecule has 0 aliphatic heterocycles. The van der Waals surface area contributed by atoms with Gasteiger partial charge in [0.1, 0.15) is 5.56 Å². The van der Waals surface area contributed by atoms with Crippen LogP contribution in [0.15, 0.2) is 0 Å². The molecule has 0 aromatic heterocycles. The largest absolute Gasteiger partial charge is 0.359 e. The van der Waals surface area contributed by atoms with Gasteiger partial charge in [-0.15, -0.1) is 0 Å². The zero-order chi connectivity index (χ0) is 10.6. The number of ether oxygens (including phenoxy) is 1. The van der Waals surface area contributed by atoms with Gasteiger partial charge < -0.3 is 4.74 Å². The highest BCUT2D eigenvalue weighted by Gasteiger charge is 2.21. The van der Waals surface area contributed by atoms with Gasteiger partial charge in [0.05, 0.1) is 6.10 Å². The molecule has 0 bridgehead atoms. The van der Waals surface area contributed by atoms with Crippen LogP contribution in [0.4, 0.5) is 0 Å². The van der Waals surface area contributed by atoms with E-state index in [0.29, 0.717) is 6.10 Å². The normalized spacial score (nSPS) is 22.3. The summed E-state index contributed by atoms with van der Waals surface area (Å²) in [5, 5.41) is 0. The standard InChI is InChI=1S/C12H23ClO/c1-12(2,3)9-11(13)14-10-7-5-4-6-8-10/h10-11H,4-9H2,1-3H3. The maximum Gasteiger partial charge on any atom is 0.132 e. The van der Waals surface area contributed by atoms with E-state index in [1.807, 2.05) is 0 Å². The second-order valence-electron chi connectivity index (χ2n) is 5.57. The van der Waals surface area contributed by atoms with E-state index >= 15 is 0 Å². The Bertz CT molecular complexity index is 156. The zero-order valence-corrected chi connectivity index (χ0v) is 10.4. The molecule has 1 aliphatic rings. The van der Waals surface area contributed by atoms with Crippen LogP contribution >= 0.6 is 11.6 Å². The lowest BCUT2D eigenvalue weighted by atomic mass is 9.92. The van der Waals surface area contributed by atoms with Crippen molar-refractivity contribution in [2.24, 2.45) is 5.41 Å². The third-order valence-corrected chi connectivity index (χ3v) is 2.92. The Balaban J connectivity index is 2.21. The average molecular weight is 219 g/mol. The Labute approximate surface area is 93.2 Å². The predicted molar refractivity (Wildman–Crippen MR) is 61.7 cm³/mol. The monoisotopic (exact) mass is 218 g/mol. The first kappa shape index (κ1) is 12.3. The van der Waals surface area contributed by atoms with Crippen LogP contribution in [-0.4, -0.2) is 11.7 Å². The second kappa shape index (κ2) is 5.37. The average Bonchev–Trinajstić information content (AvgIpc) is 2.02. The van der Waals surface area contributed by atoms with Gasteiger partial charge in [-0.05, 0) is 24.7 Å². The van der Waals surface area contributed by atoms with Crippen LogP contribution in [-0.2, 0) is 4.74 Å². The topological polar surface area (TPSA) is 9.23 Å². The lowest BCUT2D eigenvalue weighted by Crippen LogP contribution is -2.24. The number of hydrogen-bond acceptors (Lipinski definition) is 1. The summed E-state index contributed by atoms with van der Waals surface area (Å²) >= 11 is 6.18. The predicted octanol–water partition coefficient (Wildman–Crippen LogP) is 4.34. The number of halogens is 1. The Morgan fingerprint density at radius 2 is 1.79 bits per heavy atom. The van der Waals surface area contributed by atoms with Crippen molar-refractivity contribution in [3.8, 4) is 0 Å². The van der Waals surface area contributed by atoms with Crippen molar-refractivity contribution in [2.75, 3.05) is 0 Å². The Hall–Kier alpha value is 0.250. The maximum absolute atomic E-state index is 6.18. The molecule has 1 aliphatic carbocycles. The Morgan fingerprint density at radius 3 is 2.29 bits per heavy atom. The minimum Gasteiger partial charge on any atom is -0.359 e. The third kappa shape index (κ3) is 5.21. The molecule has 2 heteroatoms. The van der Waals surface area contributed by atoms with Crippen molar-refractivity contribution in [2.45, 2.75) is 71.0 Å². The summed E-state index contributed by atoms with van der Waals surface area (Å²) in [6, 6.07) is 0. The maximum atomic E-state index is 6.18. The lowest BCUT2D eigenvalue weighted by Gasteiger charge is -2.28. The minimum atomic E-state index is -0.0990. The van der Waals surface area contributed by atoms with Gasteiger partial charge in [-0.25, -0.2) is 0 Å². The summed E-state index contributed by atoms with van der Waals surface area (Å²) in [6.45, 7) is 6.60. The van der Waals surface area contributed by atoms with Crippen molar-refractivity contribution in [1.82, 2.24) is 0 Å². The van der Waals surface area contributed by atoms with Gasteiger partial charge in [-0.1, -0.05) is 51.6 Å². The first-order valence-corrected chi connectivity index (χ1v) is 6.20. The molecule has 0 radical (unpaired) electrons. The highest BCUT2D eigenvalue weighted by Crippen LogP contribution is 2.28. The Kier molecular flexibility index (Phi) is 4.72. The van der Waals surface area contributed by atoms with E-state index in [2.05, 4.69) is 20.8 Å². The van der Waals surface area contributed by atoms with E-state index in [-0.39, 0.29) is 11.0 Å². The van der Waals surface area contributed by atoms with Gasteiger partial charge in [0.2, 0.25) is 0 Å². The molecule has 84 valence electrons. The van der Waals surface area contributed by atoms with Gasteiger partial charge in [-0.2, -0.15) is 0 Å². The highest BCUT2D eigenvalue weighted by atomic mass is 35.5. The summed E-state index contributed by atoms with van der Waals surface area (Å²) in [6.07, 6.45) is 7.75.